The van der Waals surface area contributed by atoms with Crippen LogP contribution >= 0.6 is 27.5 Å². The molecule has 1 fully saturated rings. The Morgan fingerprint density at radius 2 is 1.89 bits per heavy atom. The predicted octanol–water partition coefficient (Wildman–Crippen LogP) is 4.26. The zero-order chi connectivity index (χ0) is 19.7. The SMILES string of the molecule is O=C(Nc1cc2c(cc1Cl)OCCCO2)C1CCN(c2ccccc2Br)C1=O. The van der Waals surface area contributed by atoms with Crippen molar-refractivity contribution in [2.75, 3.05) is 30.0 Å². The number of para-hydroxylation sites is 1. The minimum atomic E-state index is -0.765. The lowest BCUT2D eigenvalue weighted by atomic mass is 10.1. The van der Waals surface area contributed by atoms with Gasteiger partial charge in [-0.3, -0.25) is 9.59 Å². The van der Waals surface area contributed by atoms with E-state index in [4.69, 9.17) is 21.1 Å². The fourth-order valence-electron chi connectivity index (χ4n) is 3.33. The van der Waals surface area contributed by atoms with E-state index < -0.39 is 5.92 Å². The molecule has 2 amide bonds. The van der Waals surface area contributed by atoms with E-state index in [1.807, 2.05) is 24.3 Å². The predicted molar refractivity (Wildman–Crippen MR) is 110 cm³/mol. The molecular weight excluding hydrogens is 448 g/mol. The number of fused-ring (bicyclic) bond motifs is 1. The molecule has 0 spiro atoms. The molecule has 1 saturated heterocycles. The third-order valence-electron chi connectivity index (χ3n) is 4.76. The second-order valence-corrected chi connectivity index (χ2v) is 7.86. The summed E-state index contributed by atoms with van der Waals surface area (Å²) in [4.78, 5) is 27.2. The lowest BCUT2D eigenvalue weighted by Crippen LogP contribution is -2.33. The molecule has 1 N–H and O–H groups in total. The highest BCUT2D eigenvalue weighted by Crippen LogP contribution is 2.38. The highest BCUT2D eigenvalue weighted by molar-refractivity contribution is 9.10. The Bertz CT molecular complexity index is 936. The number of nitrogens with zero attached hydrogens (tertiary/aromatic N) is 1. The molecule has 146 valence electrons. The summed E-state index contributed by atoms with van der Waals surface area (Å²) in [5.41, 5.74) is 1.17. The maximum Gasteiger partial charge on any atom is 0.239 e. The Morgan fingerprint density at radius 1 is 1.18 bits per heavy atom. The molecule has 0 radical (unpaired) electrons. The van der Waals surface area contributed by atoms with Crippen molar-refractivity contribution in [3.8, 4) is 11.5 Å². The molecular formula is C20H18BrClN2O4. The lowest BCUT2D eigenvalue weighted by molar-refractivity contribution is -0.129. The fraction of sp³-hybridized carbons (Fsp3) is 0.300. The van der Waals surface area contributed by atoms with Crippen molar-refractivity contribution >= 4 is 50.7 Å². The quantitative estimate of drug-likeness (QED) is 0.688. The number of hydrogen-bond acceptors (Lipinski definition) is 4. The molecule has 4 rings (SSSR count). The molecule has 2 heterocycles. The summed E-state index contributed by atoms with van der Waals surface area (Å²) in [7, 11) is 0. The summed E-state index contributed by atoms with van der Waals surface area (Å²) >= 11 is 9.75. The summed E-state index contributed by atoms with van der Waals surface area (Å²) in [6.07, 6.45) is 1.21. The first-order valence-electron chi connectivity index (χ1n) is 9.00. The molecule has 0 aliphatic carbocycles. The van der Waals surface area contributed by atoms with Gasteiger partial charge in [0.2, 0.25) is 11.8 Å². The molecule has 0 aromatic heterocycles. The Morgan fingerprint density at radius 3 is 2.64 bits per heavy atom. The third kappa shape index (κ3) is 3.69. The lowest BCUT2D eigenvalue weighted by Gasteiger charge is -2.18. The highest BCUT2D eigenvalue weighted by atomic mass is 79.9. The van der Waals surface area contributed by atoms with Crippen molar-refractivity contribution < 1.29 is 19.1 Å². The van der Waals surface area contributed by atoms with E-state index in [9.17, 15) is 9.59 Å². The maximum atomic E-state index is 12.8. The van der Waals surface area contributed by atoms with Gasteiger partial charge in [-0.2, -0.15) is 0 Å². The van der Waals surface area contributed by atoms with Gasteiger partial charge in [-0.25, -0.2) is 0 Å². The maximum absolute atomic E-state index is 12.8. The van der Waals surface area contributed by atoms with Gasteiger partial charge in [0.1, 0.15) is 5.92 Å². The molecule has 28 heavy (non-hydrogen) atoms. The standard InChI is InChI=1S/C20H18BrClN2O4/c21-13-4-1-2-5-16(13)24-7-6-12(20(24)26)19(25)23-15-11-18-17(10-14(15)22)27-8-3-9-28-18/h1-2,4-5,10-12H,3,6-9H2,(H,23,25). The topological polar surface area (TPSA) is 67.9 Å². The molecule has 6 nitrogen and oxygen atoms in total. The van der Waals surface area contributed by atoms with Crippen LogP contribution in [0.2, 0.25) is 5.02 Å². The smallest absolute Gasteiger partial charge is 0.239 e. The third-order valence-corrected chi connectivity index (χ3v) is 5.74. The normalized spacial score (nSPS) is 18.7. The molecule has 1 unspecified atom stereocenters. The second kappa shape index (κ2) is 8.01. The van der Waals surface area contributed by atoms with Crippen molar-refractivity contribution in [3.63, 3.8) is 0 Å². The number of rotatable bonds is 3. The average Bonchev–Trinajstić information content (AvgIpc) is 2.91. The summed E-state index contributed by atoms with van der Waals surface area (Å²) in [5, 5.41) is 3.11. The summed E-state index contributed by atoms with van der Waals surface area (Å²) in [6, 6.07) is 10.7. The van der Waals surface area contributed by atoms with Crippen molar-refractivity contribution in [2.45, 2.75) is 12.8 Å². The van der Waals surface area contributed by atoms with Gasteiger partial charge in [-0.15, -0.1) is 0 Å². The van der Waals surface area contributed by atoms with Gasteiger partial charge in [-0.1, -0.05) is 23.7 Å². The van der Waals surface area contributed by atoms with Crippen LogP contribution in [0.3, 0.4) is 0 Å². The van der Waals surface area contributed by atoms with Crippen LogP contribution in [0.1, 0.15) is 12.8 Å². The monoisotopic (exact) mass is 464 g/mol. The number of halogens is 2. The molecule has 2 aliphatic heterocycles. The highest BCUT2D eigenvalue weighted by Gasteiger charge is 2.38. The Balaban J connectivity index is 1.51. The van der Waals surface area contributed by atoms with Crippen molar-refractivity contribution in [2.24, 2.45) is 5.92 Å². The van der Waals surface area contributed by atoms with Crippen LogP contribution in [0.25, 0.3) is 0 Å². The number of nitrogens with one attached hydrogen (secondary N) is 1. The summed E-state index contributed by atoms with van der Waals surface area (Å²) < 4.78 is 12.1. The van der Waals surface area contributed by atoms with E-state index in [-0.39, 0.29) is 11.8 Å². The second-order valence-electron chi connectivity index (χ2n) is 6.60. The number of anilines is 2. The van der Waals surface area contributed by atoms with Crippen LogP contribution in [-0.4, -0.2) is 31.6 Å². The van der Waals surface area contributed by atoms with E-state index in [0.717, 1.165) is 16.6 Å². The number of benzene rings is 2. The van der Waals surface area contributed by atoms with Gasteiger partial charge >= 0.3 is 0 Å². The van der Waals surface area contributed by atoms with Gasteiger partial charge in [0.05, 0.1) is 29.6 Å². The average molecular weight is 466 g/mol. The number of hydrogen-bond donors (Lipinski definition) is 1. The van der Waals surface area contributed by atoms with Crippen molar-refractivity contribution in [3.05, 3.63) is 45.9 Å². The Kier molecular flexibility index (Phi) is 5.46. The fourth-order valence-corrected chi connectivity index (χ4v) is 4.03. The first kappa shape index (κ1) is 19.1. The minimum absolute atomic E-state index is 0.227. The first-order chi connectivity index (χ1) is 13.5. The van der Waals surface area contributed by atoms with Crippen LogP contribution in [0.4, 0.5) is 11.4 Å². The zero-order valence-electron chi connectivity index (χ0n) is 14.9. The molecule has 0 bridgehead atoms. The summed E-state index contributed by atoms with van der Waals surface area (Å²) in [6.45, 7) is 1.56. The van der Waals surface area contributed by atoms with E-state index in [0.29, 0.717) is 48.4 Å². The number of amides is 2. The number of carbonyl (C=O) groups excluding carboxylic acids is 2. The van der Waals surface area contributed by atoms with Crippen molar-refractivity contribution in [1.29, 1.82) is 0 Å². The van der Waals surface area contributed by atoms with E-state index in [2.05, 4.69) is 21.2 Å². The van der Waals surface area contributed by atoms with E-state index in [1.54, 1.807) is 17.0 Å². The van der Waals surface area contributed by atoms with Crippen molar-refractivity contribution in [1.82, 2.24) is 0 Å². The van der Waals surface area contributed by atoms with Crippen LogP contribution in [0.15, 0.2) is 40.9 Å². The molecule has 1 atom stereocenters. The molecule has 2 aromatic rings. The van der Waals surface area contributed by atoms with Crippen LogP contribution < -0.4 is 19.7 Å². The number of carbonyl (C=O) groups is 2. The Hall–Kier alpha value is -2.25. The molecule has 8 heteroatoms. The van der Waals surface area contributed by atoms with Gasteiger partial charge < -0.3 is 19.7 Å². The van der Waals surface area contributed by atoms with Crippen LogP contribution in [-0.2, 0) is 9.59 Å². The van der Waals surface area contributed by atoms with Gasteiger partial charge in [0.25, 0.3) is 0 Å². The summed E-state index contributed by atoms with van der Waals surface area (Å²) in [5.74, 6) is -0.285. The van der Waals surface area contributed by atoms with Crippen LogP contribution in [0.5, 0.6) is 11.5 Å². The van der Waals surface area contributed by atoms with Gasteiger partial charge in [0, 0.05) is 29.6 Å². The zero-order valence-corrected chi connectivity index (χ0v) is 17.3. The van der Waals surface area contributed by atoms with E-state index in [1.165, 1.54) is 0 Å². The first-order valence-corrected chi connectivity index (χ1v) is 10.2. The molecule has 2 aromatic carbocycles. The molecule has 2 aliphatic rings. The number of ether oxygens (including phenoxy) is 2. The minimum Gasteiger partial charge on any atom is -0.490 e. The van der Waals surface area contributed by atoms with Gasteiger partial charge in [-0.05, 0) is 34.5 Å². The molecule has 0 saturated carbocycles. The van der Waals surface area contributed by atoms with Crippen LogP contribution in [0, 0.1) is 5.92 Å². The van der Waals surface area contributed by atoms with E-state index >= 15 is 0 Å². The van der Waals surface area contributed by atoms with Gasteiger partial charge in [0.15, 0.2) is 11.5 Å². The Labute approximate surface area is 175 Å². The largest absolute Gasteiger partial charge is 0.490 e.